The molecule has 0 aliphatic heterocycles. The van der Waals surface area contributed by atoms with E-state index in [1.165, 1.54) is 11.1 Å². The second kappa shape index (κ2) is 4.62. The number of rotatable bonds is 3. The molecule has 0 aliphatic carbocycles. The van der Waals surface area contributed by atoms with Gasteiger partial charge in [-0.3, -0.25) is 0 Å². The highest BCUT2D eigenvalue weighted by molar-refractivity contribution is 7.15. The molecule has 3 rings (SSSR count). The van der Waals surface area contributed by atoms with E-state index >= 15 is 0 Å². The maximum Gasteiger partial charge on any atom is 0.205 e. The van der Waals surface area contributed by atoms with Crippen LogP contribution in [0.5, 0.6) is 0 Å². The number of hydrogen-bond acceptors (Lipinski definition) is 5. The minimum atomic E-state index is 0.707. The van der Waals surface area contributed by atoms with Crippen LogP contribution in [0.3, 0.4) is 0 Å². The molecule has 0 aliphatic rings. The van der Waals surface area contributed by atoms with E-state index < -0.39 is 0 Å². The van der Waals surface area contributed by atoms with Crippen LogP contribution in [0.2, 0.25) is 0 Å². The van der Waals surface area contributed by atoms with Gasteiger partial charge in [0.05, 0.1) is 23.9 Å². The third-order valence-electron chi connectivity index (χ3n) is 3.22. The Morgan fingerprint density at radius 2 is 2.00 bits per heavy atom. The van der Waals surface area contributed by atoms with Crippen LogP contribution in [0.4, 0.5) is 5.13 Å². The van der Waals surface area contributed by atoms with Crippen LogP contribution in [0.25, 0.3) is 11.0 Å². The smallest absolute Gasteiger partial charge is 0.205 e. The van der Waals surface area contributed by atoms with Crippen molar-refractivity contribution < 1.29 is 0 Å². The molecule has 1 aromatic carbocycles. The fourth-order valence-electron chi connectivity index (χ4n) is 2.00. The number of anilines is 1. The fourth-order valence-corrected chi connectivity index (χ4v) is 2.70. The zero-order valence-electron chi connectivity index (χ0n) is 11.1. The standard InChI is InChI=1S/C13H15N5S/c1-8-4-10-11(5-9(8)2)18(7-15-10)6-12-16-17-13(14-3)19-12/h4-5,7H,6H2,1-3H3,(H,14,17). The van der Waals surface area contributed by atoms with Gasteiger partial charge < -0.3 is 9.88 Å². The number of aryl methyl sites for hydroxylation is 2. The molecule has 98 valence electrons. The van der Waals surface area contributed by atoms with Crippen molar-refractivity contribution in [3.63, 3.8) is 0 Å². The van der Waals surface area contributed by atoms with Gasteiger partial charge in [0.2, 0.25) is 5.13 Å². The lowest BCUT2D eigenvalue weighted by atomic mass is 10.1. The van der Waals surface area contributed by atoms with Crippen LogP contribution in [0.1, 0.15) is 16.1 Å². The van der Waals surface area contributed by atoms with E-state index in [1.54, 1.807) is 11.3 Å². The number of hydrogen-bond donors (Lipinski definition) is 1. The zero-order chi connectivity index (χ0) is 13.4. The number of benzene rings is 1. The highest BCUT2D eigenvalue weighted by atomic mass is 32.1. The van der Waals surface area contributed by atoms with E-state index in [0.29, 0.717) is 6.54 Å². The van der Waals surface area contributed by atoms with Crippen LogP contribution in [0.15, 0.2) is 18.5 Å². The molecular weight excluding hydrogens is 258 g/mol. The topological polar surface area (TPSA) is 55.6 Å². The van der Waals surface area contributed by atoms with E-state index in [9.17, 15) is 0 Å². The lowest BCUT2D eigenvalue weighted by Crippen LogP contribution is -1.97. The van der Waals surface area contributed by atoms with Crippen LogP contribution in [-0.4, -0.2) is 26.8 Å². The summed E-state index contributed by atoms with van der Waals surface area (Å²) in [5.41, 5.74) is 4.72. The molecule has 2 heterocycles. The van der Waals surface area contributed by atoms with Crippen LogP contribution < -0.4 is 5.32 Å². The molecule has 0 saturated heterocycles. The van der Waals surface area contributed by atoms with E-state index in [2.05, 4.69) is 51.0 Å². The second-order valence-electron chi connectivity index (χ2n) is 4.55. The predicted molar refractivity (Wildman–Crippen MR) is 77.8 cm³/mol. The van der Waals surface area contributed by atoms with E-state index in [0.717, 1.165) is 21.2 Å². The van der Waals surface area contributed by atoms with E-state index in [4.69, 9.17) is 0 Å². The van der Waals surface area contributed by atoms with Gasteiger partial charge in [-0.2, -0.15) is 0 Å². The summed E-state index contributed by atoms with van der Waals surface area (Å²) in [6.07, 6.45) is 1.87. The number of nitrogens with one attached hydrogen (secondary N) is 1. The van der Waals surface area contributed by atoms with E-state index in [-0.39, 0.29) is 0 Å². The molecule has 0 amide bonds. The molecule has 0 atom stereocenters. The summed E-state index contributed by atoms with van der Waals surface area (Å²) < 4.78 is 2.11. The summed E-state index contributed by atoms with van der Waals surface area (Å²) in [6, 6.07) is 4.30. The number of fused-ring (bicyclic) bond motifs is 1. The summed E-state index contributed by atoms with van der Waals surface area (Å²) in [5, 5.41) is 13.0. The highest BCUT2D eigenvalue weighted by Crippen LogP contribution is 2.21. The summed E-state index contributed by atoms with van der Waals surface area (Å²) in [5.74, 6) is 0. The lowest BCUT2D eigenvalue weighted by Gasteiger charge is -2.03. The average Bonchev–Trinajstić information content (AvgIpc) is 2.99. The first-order valence-corrected chi connectivity index (χ1v) is 6.91. The van der Waals surface area contributed by atoms with Gasteiger partial charge in [-0.15, -0.1) is 10.2 Å². The SMILES string of the molecule is CNc1nnc(Cn2cnc3cc(C)c(C)cc32)s1. The molecule has 0 fully saturated rings. The monoisotopic (exact) mass is 273 g/mol. The minimum absolute atomic E-state index is 0.707. The summed E-state index contributed by atoms with van der Waals surface area (Å²) in [7, 11) is 1.85. The molecule has 0 radical (unpaired) electrons. The van der Waals surface area contributed by atoms with Gasteiger partial charge in [0.15, 0.2) is 0 Å². The van der Waals surface area contributed by atoms with Crippen LogP contribution in [-0.2, 0) is 6.54 Å². The zero-order valence-corrected chi connectivity index (χ0v) is 12.0. The molecule has 0 bridgehead atoms. The molecule has 0 saturated carbocycles. The Labute approximate surface area is 115 Å². The Kier molecular flexibility index (Phi) is 2.94. The Morgan fingerprint density at radius 1 is 1.21 bits per heavy atom. The summed E-state index contributed by atoms with van der Waals surface area (Å²) in [4.78, 5) is 4.45. The third kappa shape index (κ3) is 2.19. The summed E-state index contributed by atoms with van der Waals surface area (Å²) in [6.45, 7) is 4.94. The average molecular weight is 273 g/mol. The normalized spacial score (nSPS) is 11.1. The molecule has 3 aromatic rings. The van der Waals surface area contributed by atoms with Crippen LogP contribution in [0, 0.1) is 13.8 Å². The third-order valence-corrected chi connectivity index (χ3v) is 4.15. The number of imidazole rings is 1. The largest absolute Gasteiger partial charge is 0.363 e. The van der Waals surface area contributed by atoms with Gasteiger partial charge in [0.1, 0.15) is 5.01 Å². The van der Waals surface area contributed by atoms with Gasteiger partial charge >= 0.3 is 0 Å². The highest BCUT2D eigenvalue weighted by Gasteiger charge is 2.08. The first-order chi connectivity index (χ1) is 9.17. The maximum atomic E-state index is 4.45. The van der Waals surface area contributed by atoms with E-state index in [1.807, 2.05) is 13.4 Å². The number of aromatic nitrogens is 4. The van der Waals surface area contributed by atoms with Crippen molar-refractivity contribution in [3.05, 3.63) is 34.6 Å². The Morgan fingerprint density at radius 3 is 2.74 bits per heavy atom. The molecule has 0 unspecified atom stereocenters. The molecule has 2 aromatic heterocycles. The Bertz CT molecular complexity index is 728. The van der Waals surface area contributed by atoms with Crippen molar-refractivity contribution in [2.45, 2.75) is 20.4 Å². The first kappa shape index (κ1) is 12.1. The van der Waals surface area contributed by atoms with Crippen molar-refractivity contribution in [1.82, 2.24) is 19.7 Å². The molecule has 5 nitrogen and oxygen atoms in total. The van der Waals surface area contributed by atoms with Crippen molar-refractivity contribution in [2.24, 2.45) is 0 Å². The maximum absolute atomic E-state index is 4.45. The quantitative estimate of drug-likeness (QED) is 0.797. The lowest BCUT2D eigenvalue weighted by molar-refractivity contribution is 0.800. The molecule has 6 heteroatoms. The molecule has 1 N–H and O–H groups in total. The van der Waals surface area contributed by atoms with Crippen molar-refractivity contribution >= 4 is 27.5 Å². The Balaban J connectivity index is 1.98. The predicted octanol–water partition coefficient (Wildman–Crippen LogP) is 2.59. The van der Waals surface area contributed by atoms with Crippen LogP contribution >= 0.6 is 11.3 Å². The second-order valence-corrected chi connectivity index (χ2v) is 5.61. The van der Waals surface area contributed by atoms with Crippen molar-refractivity contribution in [3.8, 4) is 0 Å². The Hall–Kier alpha value is -1.95. The van der Waals surface area contributed by atoms with Gasteiger partial charge in [0, 0.05) is 7.05 Å². The minimum Gasteiger partial charge on any atom is -0.363 e. The van der Waals surface area contributed by atoms with Crippen molar-refractivity contribution in [2.75, 3.05) is 12.4 Å². The summed E-state index contributed by atoms with van der Waals surface area (Å²) >= 11 is 1.57. The van der Waals surface area contributed by atoms with Gasteiger partial charge in [-0.25, -0.2) is 4.98 Å². The van der Waals surface area contributed by atoms with Crippen molar-refractivity contribution in [1.29, 1.82) is 0 Å². The van der Waals surface area contributed by atoms with Gasteiger partial charge in [0.25, 0.3) is 0 Å². The molecular formula is C13H15N5S. The fraction of sp³-hybridized carbons (Fsp3) is 0.308. The number of nitrogens with zero attached hydrogens (tertiary/aromatic N) is 4. The molecule has 19 heavy (non-hydrogen) atoms. The first-order valence-electron chi connectivity index (χ1n) is 6.09. The van der Waals surface area contributed by atoms with Gasteiger partial charge in [-0.1, -0.05) is 11.3 Å². The van der Waals surface area contributed by atoms with Gasteiger partial charge in [-0.05, 0) is 37.1 Å². The molecule has 0 spiro atoms.